The van der Waals surface area contributed by atoms with Crippen molar-refractivity contribution < 1.29 is 5.11 Å². The van der Waals surface area contributed by atoms with Crippen molar-refractivity contribution in [2.75, 3.05) is 26.2 Å². The maximum Gasteiger partial charge on any atom is 0.125 e. The van der Waals surface area contributed by atoms with Crippen molar-refractivity contribution in [3.05, 3.63) is 0 Å². The van der Waals surface area contributed by atoms with Crippen LogP contribution in [-0.2, 0) is 0 Å². The number of piperidine rings is 1. The molecule has 0 spiro atoms. The minimum Gasteiger partial charge on any atom is -0.376 e. The molecule has 0 radical (unpaired) electrons. The van der Waals surface area contributed by atoms with Gasteiger partial charge in [0.25, 0.3) is 0 Å². The number of likely N-dealkylation sites (tertiary alicyclic amines) is 2. The normalized spacial score (nSPS) is 27.5. The van der Waals surface area contributed by atoms with E-state index in [0.29, 0.717) is 0 Å². The van der Waals surface area contributed by atoms with Gasteiger partial charge in [-0.1, -0.05) is 0 Å². The summed E-state index contributed by atoms with van der Waals surface area (Å²) in [4.78, 5) is 4.75. The zero-order valence-electron chi connectivity index (χ0n) is 11.2. The fourth-order valence-electron chi connectivity index (χ4n) is 3.07. The second-order valence-electron chi connectivity index (χ2n) is 6.21. The second-order valence-corrected chi connectivity index (χ2v) is 6.21. The first-order chi connectivity index (χ1) is 7.98. The van der Waals surface area contributed by atoms with E-state index in [1.807, 2.05) is 13.8 Å². The summed E-state index contributed by atoms with van der Waals surface area (Å²) < 4.78 is 0. The molecule has 3 N–H and O–H groups in total. The lowest BCUT2D eigenvalue weighted by Gasteiger charge is -2.42. The van der Waals surface area contributed by atoms with Crippen molar-refractivity contribution in [1.82, 2.24) is 9.80 Å². The molecule has 2 fully saturated rings. The Morgan fingerprint density at radius 3 is 2.12 bits per heavy atom. The highest BCUT2D eigenvalue weighted by atomic mass is 16.3. The van der Waals surface area contributed by atoms with Gasteiger partial charge in [0.2, 0.25) is 0 Å². The number of rotatable bonds is 3. The van der Waals surface area contributed by atoms with Crippen LogP contribution in [0.25, 0.3) is 0 Å². The summed E-state index contributed by atoms with van der Waals surface area (Å²) in [5, 5.41) is 10.1. The van der Waals surface area contributed by atoms with Crippen LogP contribution >= 0.6 is 0 Å². The first-order valence-electron chi connectivity index (χ1n) is 6.93. The Hall–Kier alpha value is -0.160. The van der Waals surface area contributed by atoms with E-state index in [0.717, 1.165) is 19.1 Å². The summed E-state index contributed by atoms with van der Waals surface area (Å²) in [7, 11) is 0. The minimum absolute atomic E-state index is 0.512. The molecule has 0 aromatic heterocycles. The third kappa shape index (κ3) is 3.19. The summed E-state index contributed by atoms with van der Waals surface area (Å²) in [6.07, 6.45) is 4.56. The van der Waals surface area contributed by atoms with E-state index in [9.17, 15) is 5.11 Å². The van der Waals surface area contributed by atoms with E-state index in [2.05, 4.69) is 9.80 Å². The lowest BCUT2D eigenvalue weighted by atomic mass is 9.98. The molecular formula is C13H27N3O. The van der Waals surface area contributed by atoms with Crippen molar-refractivity contribution in [2.24, 2.45) is 5.73 Å². The second kappa shape index (κ2) is 5.22. The molecule has 0 amide bonds. The Bertz CT molecular complexity index is 238. The molecule has 0 aliphatic carbocycles. The number of hydrogen-bond acceptors (Lipinski definition) is 4. The van der Waals surface area contributed by atoms with Gasteiger partial charge in [0.1, 0.15) is 6.23 Å². The number of nitrogens with zero attached hydrogens (tertiary/aromatic N) is 2. The highest BCUT2D eigenvalue weighted by molar-refractivity contribution is 4.88. The van der Waals surface area contributed by atoms with Gasteiger partial charge in [-0.3, -0.25) is 4.90 Å². The molecule has 0 aromatic carbocycles. The molecule has 2 aliphatic heterocycles. The lowest BCUT2D eigenvalue weighted by molar-refractivity contribution is -0.0602. The predicted octanol–water partition coefficient (Wildman–Crippen LogP) is 0.602. The highest BCUT2D eigenvalue weighted by Crippen LogP contribution is 2.23. The van der Waals surface area contributed by atoms with Crippen molar-refractivity contribution in [1.29, 1.82) is 0 Å². The Balaban J connectivity index is 1.81. The van der Waals surface area contributed by atoms with Gasteiger partial charge < -0.3 is 15.7 Å². The van der Waals surface area contributed by atoms with E-state index in [-0.39, 0.29) is 0 Å². The van der Waals surface area contributed by atoms with E-state index in [1.54, 1.807) is 0 Å². The summed E-state index contributed by atoms with van der Waals surface area (Å²) in [6, 6.07) is 0.738. The monoisotopic (exact) mass is 241 g/mol. The van der Waals surface area contributed by atoms with Crippen LogP contribution < -0.4 is 5.73 Å². The van der Waals surface area contributed by atoms with E-state index < -0.39 is 11.8 Å². The first-order valence-corrected chi connectivity index (χ1v) is 6.93. The van der Waals surface area contributed by atoms with Crippen molar-refractivity contribution in [3.63, 3.8) is 0 Å². The van der Waals surface area contributed by atoms with Crippen LogP contribution in [0.2, 0.25) is 0 Å². The molecule has 100 valence electrons. The number of hydrogen-bond donors (Lipinski definition) is 2. The molecule has 0 bridgehead atoms. The zero-order chi connectivity index (χ0) is 12.5. The largest absolute Gasteiger partial charge is 0.376 e. The van der Waals surface area contributed by atoms with Gasteiger partial charge in [-0.25, -0.2) is 0 Å². The average molecular weight is 241 g/mol. The highest BCUT2D eigenvalue weighted by Gasteiger charge is 2.33. The average Bonchev–Trinajstić information content (AvgIpc) is 2.80. The molecule has 2 saturated heterocycles. The quantitative estimate of drug-likeness (QED) is 0.760. The number of aliphatic hydroxyl groups excluding tert-OH is 1. The van der Waals surface area contributed by atoms with E-state index in [1.165, 1.54) is 38.8 Å². The van der Waals surface area contributed by atoms with Gasteiger partial charge in [0.05, 0.1) is 0 Å². The SMILES string of the molecule is CC(C)(N)C(O)N1CCC(N2CCCC2)CC1. The van der Waals surface area contributed by atoms with Crippen LogP contribution in [0.1, 0.15) is 39.5 Å². The Morgan fingerprint density at radius 2 is 1.65 bits per heavy atom. The topological polar surface area (TPSA) is 52.7 Å². The fourth-order valence-corrected chi connectivity index (χ4v) is 3.07. The number of aliphatic hydroxyl groups is 1. The lowest BCUT2D eigenvalue weighted by Crippen LogP contribution is -2.57. The molecule has 2 aliphatic rings. The minimum atomic E-state index is -0.527. The summed E-state index contributed by atoms with van der Waals surface area (Å²) in [5.41, 5.74) is 5.44. The fraction of sp³-hybridized carbons (Fsp3) is 1.00. The van der Waals surface area contributed by atoms with Crippen molar-refractivity contribution in [2.45, 2.75) is 57.3 Å². The Kier molecular flexibility index (Phi) is 4.08. The molecule has 1 atom stereocenters. The summed E-state index contributed by atoms with van der Waals surface area (Å²) >= 11 is 0. The Labute approximate surface area is 105 Å². The van der Waals surface area contributed by atoms with Crippen LogP contribution in [0.5, 0.6) is 0 Å². The van der Waals surface area contributed by atoms with Gasteiger partial charge in [-0.15, -0.1) is 0 Å². The van der Waals surface area contributed by atoms with Crippen molar-refractivity contribution in [3.8, 4) is 0 Å². The predicted molar refractivity (Wildman–Crippen MR) is 69.7 cm³/mol. The summed E-state index contributed by atoms with van der Waals surface area (Å²) in [6.45, 7) is 8.28. The maximum atomic E-state index is 10.1. The first kappa shape index (κ1) is 13.3. The van der Waals surface area contributed by atoms with Gasteiger partial charge in [-0.05, 0) is 52.6 Å². The zero-order valence-corrected chi connectivity index (χ0v) is 11.2. The molecule has 4 nitrogen and oxygen atoms in total. The molecule has 0 aromatic rings. The van der Waals surface area contributed by atoms with Gasteiger partial charge in [-0.2, -0.15) is 0 Å². The smallest absolute Gasteiger partial charge is 0.125 e. The van der Waals surface area contributed by atoms with Gasteiger partial charge in [0.15, 0.2) is 0 Å². The molecular weight excluding hydrogens is 214 g/mol. The maximum absolute atomic E-state index is 10.1. The summed E-state index contributed by atoms with van der Waals surface area (Å²) in [5.74, 6) is 0. The Morgan fingerprint density at radius 1 is 1.12 bits per heavy atom. The van der Waals surface area contributed by atoms with Crippen LogP contribution in [-0.4, -0.2) is 58.9 Å². The standard InChI is InChI=1S/C13H27N3O/c1-13(2,14)12(17)16-9-5-11(6-10-16)15-7-3-4-8-15/h11-12,17H,3-10,14H2,1-2H3. The molecule has 2 heterocycles. The van der Waals surface area contributed by atoms with Crippen molar-refractivity contribution >= 4 is 0 Å². The van der Waals surface area contributed by atoms with E-state index >= 15 is 0 Å². The van der Waals surface area contributed by atoms with Crippen LogP contribution in [0.3, 0.4) is 0 Å². The molecule has 0 saturated carbocycles. The van der Waals surface area contributed by atoms with Gasteiger partial charge in [0, 0.05) is 24.7 Å². The third-order valence-corrected chi connectivity index (χ3v) is 4.17. The van der Waals surface area contributed by atoms with Gasteiger partial charge >= 0.3 is 0 Å². The van der Waals surface area contributed by atoms with Crippen LogP contribution in [0, 0.1) is 0 Å². The number of nitrogens with two attached hydrogens (primary N) is 1. The molecule has 2 rings (SSSR count). The van der Waals surface area contributed by atoms with Crippen LogP contribution in [0.4, 0.5) is 0 Å². The third-order valence-electron chi connectivity index (χ3n) is 4.17. The molecule has 17 heavy (non-hydrogen) atoms. The van der Waals surface area contributed by atoms with Crippen LogP contribution in [0.15, 0.2) is 0 Å². The molecule has 1 unspecified atom stereocenters. The molecule has 4 heteroatoms. The van der Waals surface area contributed by atoms with E-state index in [4.69, 9.17) is 5.73 Å².